The van der Waals surface area contributed by atoms with Gasteiger partial charge in [0, 0.05) is 17.1 Å². The zero-order chi connectivity index (χ0) is 15.8. The molecule has 0 amide bonds. The van der Waals surface area contributed by atoms with Gasteiger partial charge >= 0.3 is 0 Å². The van der Waals surface area contributed by atoms with Gasteiger partial charge in [0.15, 0.2) is 5.82 Å². The van der Waals surface area contributed by atoms with Crippen molar-refractivity contribution in [2.75, 3.05) is 5.73 Å². The van der Waals surface area contributed by atoms with Crippen LogP contribution in [0.1, 0.15) is 7.43 Å². The first kappa shape index (κ1) is 15.8. The molecule has 0 radical (unpaired) electrons. The molecule has 24 heavy (non-hydrogen) atoms. The largest absolute Gasteiger partial charge is 0.384 e. The molecule has 0 aliphatic rings. The predicted octanol–water partition coefficient (Wildman–Crippen LogP) is 3.33. The highest BCUT2D eigenvalue weighted by molar-refractivity contribution is 7.17. The fourth-order valence-corrected chi connectivity index (χ4v) is 3.23. The molecule has 0 spiro atoms. The first-order valence-corrected chi connectivity index (χ1v) is 7.76. The highest BCUT2D eigenvalue weighted by Crippen LogP contribution is 2.30. The van der Waals surface area contributed by atoms with Crippen molar-refractivity contribution in [3.8, 4) is 22.8 Å². The lowest BCUT2D eigenvalue weighted by Gasteiger charge is -2.02. The van der Waals surface area contributed by atoms with Crippen LogP contribution in [0.3, 0.4) is 0 Å². The minimum Gasteiger partial charge on any atom is -0.384 e. The number of nitrogens with zero attached hydrogens (tertiary/aromatic N) is 3. The van der Waals surface area contributed by atoms with Crippen molar-refractivity contribution >= 4 is 27.4 Å². The summed E-state index contributed by atoms with van der Waals surface area (Å²) in [4.78, 5) is 28.2. The van der Waals surface area contributed by atoms with Gasteiger partial charge in [-0.05, 0) is 24.3 Å². The Morgan fingerprint density at radius 1 is 1.04 bits per heavy atom. The summed E-state index contributed by atoms with van der Waals surface area (Å²) < 4.78 is 0.559. The number of nitrogens with two attached hydrogens (primary N) is 1. The third-order valence-electron chi connectivity index (χ3n) is 3.38. The van der Waals surface area contributed by atoms with Crippen LogP contribution >= 0.6 is 11.3 Å². The van der Waals surface area contributed by atoms with E-state index >= 15 is 0 Å². The van der Waals surface area contributed by atoms with Crippen LogP contribution in [0, 0.1) is 0 Å². The minimum atomic E-state index is -0.184. The Hall–Kier alpha value is -3.06. The summed E-state index contributed by atoms with van der Waals surface area (Å²) in [7, 11) is 0. The molecule has 0 unspecified atom stereocenters. The van der Waals surface area contributed by atoms with Crippen LogP contribution in [0.5, 0.6) is 0 Å². The summed E-state index contributed by atoms with van der Waals surface area (Å²) in [6.45, 7) is 0. The third-order valence-corrected chi connectivity index (χ3v) is 4.35. The van der Waals surface area contributed by atoms with E-state index in [9.17, 15) is 4.79 Å². The van der Waals surface area contributed by atoms with E-state index in [0.717, 1.165) is 5.56 Å². The first-order valence-electron chi connectivity index (χ1n) is 6.88. The normalized spacial score (nSPS) is 10.5. The molecule has 0 atom stereocenters. The molecule has 0 saturated carbocycles. The number of aromatic amines is 1. The van der Waals surface area contributed by atoms with E-state index < -0.39 is 0 Å². The summed E-state index contributed by atoms with van der Waals surface area (Å²) in [6, 6.07) is 10.9. The summed E-state index contributed by atoms with van der Waals surface area (Å²) in [5.41, 5.74) is 8.28. The van der Waals surface area contributed by atoms with Crippen LogP contribution in [0.15, 0.2) is 52.8 Å². The van der Waals surface area contributed by atoms with Crippen molar-refractivity contribution in [3.63, 3.8) is 0 Å². The van der Waals surface area contributed by atoms with Gasteiger partial charge in [-0.1, -0.05) is 19.6 Å². The maximum atomic E-state index is 12.3. The third kappa shape index (κ3) is 2.65. The highest BCUT2D eigenvalue weighted by atomic mass is 32.1. The van der Waals surface area contributed by atoms with E-state index in [1.807, 2.05) is 29.6 Å². The number of aromatic nitrogens is 4. The SMILES string of the molecule is C.Nc1cccc(-c2csc3c(=O)[nH]c(-c4ccccn4)nc23)n1. The van der Waals surface area contributed by atoms with Crippen LogP contribution in [-0.2, 0) is 0 Å². The smallest absolute Gasteiger partial charge is 0.269 e. The van der Waals surface area contributed by atoms with Crippen molar-refractivity contribution in [1.29, 1.82) is 0 Å². The summed E-state index contributed by atoms with van der Waals surface area (Å²) in [6.07, 6.45) is 1.66. The van der Waals surface area contributed by atoms with Crippen LogP contribution in [-0.4, -0.2) is 19.9 Å². The number of fused-ring (bicyclic) bond motifs is 1. The van der Waals surface area contributed by atoms with Crippen molar-refractivity contribution < 1.29 is 0 Å². The molecule has 4 heterocycles. The van der Waals surface area contributed by atoms with Gasteiger partial charge in [0.2, 0.25) is 0 Å². The lowest BCUT2D eigenvalue weighted by molar-refractivity contribution is 1.15. The number of pyridine rings is 2. The lowest BCUT2D eigenvalue weighted by atomic mass is 10.2. The molecule has 120 valence electrons. The maximum absolute atomic E-state index is 12.3. The fourth-order valence-electron chi connectivity index (χ4n) is 2.34. The number of rotatable bonds is 2. The van der Waals surface area contributed by atoms with Gasteiger partial charge in [0.05, 0.1) is 11.2 Å². The molecule has 0 saturated heterocycles. The van der Waals surface area contributed by atoms with E-state index in [4.69, 9.17) is 5.73 Å². The molecule has 7 heteroatoms. The molecule has 0 bridgehead atoms. The quantitative estimate of drug-likeness (QED) is 0.585. The minimum absolute atomic E-state index is 0. The van der Waals surface area contributed by atoms with E-state index in [-0.39, 0.29) is 13.0 Å². The molecule has 4 aromatic rings. The maximum Gasteiger partial charge on any atom is 0.269 e. The van der Waals surface area contributed by atoms with Gasteiger partial charge in [0.25, 0.3) is 5.56 Å². The second kappa shape index (κ2) is 6.21. The Bertz CT molecular complexity index is 1060. The zero-order valence-corrected chi connectivity index (χ0v) is 12.7. The average molecular weight is 337 g/mol. The van der Waals surface area contributed by atoms with Crippen LogP contribution < -0.4 is 11.3 Å². The second-order valence-electron chi connectivity index (χ2n) is 4.90. The predicted molar refractivity (Wildman–Crippen MR) is 97.8 cm³/mol. The van der Waals surface area contributed by atoms with E-state index in [2.05, 4.69) is 19.9 Å². The van der Waals surface area contributed by atoms with Crippen molar-refractivity contribution in [2.24, 2.45) is 0 Å². The fraction of sp³-hybridized carbons (Fsp3) is 0.0588. The zero-order valence-electron chi connectivity index (χ0n) is 11.9. The van der Waals surface area contributed by atoms with Crippen molar-refractivity contribution in [3.05, 3.63) is 58.3 Å². The number of thiophene rings is 1. The Morgan fingerprint density at radius 3 is 2.62 bits per heavy atom. The molecule has 0 aliphatic heterocycles. The van der Waals surface area contributed by atoms with E-state index in [1.54, 1.807) is 18.3 Å². The van der Waals surface area contributed by atoms with Gasteiger partial charge in [0.1, 0.15) is 16.2 Å². The molecular weight excluding hydrogens is 322 g/mol. The number of hydrogen-bond donors (Lipinski definition) is 2. The topological polar surface area (TPSA) is 97.6 Å². The molecule has 4 aromatic heterocycles. The van der Waals surface area contributed by atoms with Gasteiger partial charge < -0.3 is 10.7 Å². The van der Waals surface area contributed by atoms with E-state index in [1.165, 1.54) is 11.3 Å². The second-order valence-corrected chi connectivity index (χ2v) is 5.78. The highest BCUT2D eigenvalue weighted by Gasteiger charge is 2.14. The van der Waals surface area contributed by atoms with Crippen LogP contribution in [0.2, 0.25) is 0 Å². The first-order chi connectivity index (χ1) is 11.2. The molecule has 0 aliphatic carbocycles. The summed E-state index contributed by atoms with van der Waals surface area (Å²) in [5, 5.41) is 1.87. The number of H-pyrrole nitrogens is 1. The molecule has 4 rings (SSSR count). The lowest BCUT2D eigenvalue weighted by Crippen LogP contribution is -2.08. The average Bonchev–Trinajstić information content (AvgIpc) is 3.00. The van der Waals surface area contributed by atoms with Gasteiger partial charge in [-0.3, -0.25) is 9.78 Å². The Kier molecular flexibility index (Phi) is 4.09. The molecular formula is C17H15N5OS. The number of anilines is 1. The van der Waals surface area contributed by atoms with Crippen molar-refractivity contribution in [1.82, 2.24) is 19.9 Å². The van der Waals surface area contributed by atoms with Gasteiger partial charge in [-0.15, -0.1) is 11.3 Å². The Labute approximate surface area is 142 Å². The molecule has 3 N–H and O–H groups in total. The summed E-state index contributed by atoms with van der Waals surface area (Å²) in [5.74, 6) is 0.864. The monoisotopic (exact) mass is 337 g/mol. The van der Waals surface area contributed by atoms with Gasteiger partial charge in [-0.25, -0.2) is 9.97 Å². The van der Waals surface area contributed by atoms with E-state index in [0.29, 0.717) is 33.2 Å². The number of nitrogen functional groups attached to an aromatic ring is 1. The Morgan fingerprint density at radius 2 is 1.88 bits per heavy atom. The number of nitrogens with one attached hydrogen (secondary N) is 1. The van der Waals surface area contributed by atoms with Crippen molar-refractivity contribution in [2.45, 2.75) is 7.43 Å². The Balaban J connectivity index is 0.00000169. The standard InChI is InChI=1S/C16H11N5OS.CH4/c17-12-6-3-5-10(19-12)9-8-23-14-13(9)20-15(21-16(14)22)11-4-1-2-7-18-11;/h1-8H,(H2,17,19)(H,20,21,22);1H4. The van der Waals surface area contributed by atoms with Gasteiger partial charge in [-0.2, -0.15) is 0 Å². The molecule has 0 aromatic carbocycles. The van der Waals surface area contributed by atoms with Crippen LogP contribution in [0.4, 0.5) is 5.82 Å². The molecule has 0 fully saturated rings. The summed E-state index contributed by atoms with van der Waals surface area (Å²) >= 11 is 1.34. The molecule has 6 nitrogen and oxygen atoms in total. The number of hydrogen-bond acceptors (Lipinski definition) is 6. The van der Waals surface area contributed by atoms with Crippen LogP contribution in [0.25, 0.3) is 33.0 Å².